The maximum absolute atomic E-state index is 12.4. The molecule has 1 aromatic rings. The summed E-state index contributed by atoms with van der Waals surface area (Å²) in [6, 6.07) is 8.01. The number of nitrogens with zero attached hydrogens (tertiary/aromatic N) is 2. The average Bonchev–Trinajstić information content (AvgIpc) is 2.50. The number of nitrogens with one attached hydrogen (secondary N) is 1. The van der Waals surface area contributed by atoms with E-state index in [0.29, 0.717) is 5.92 Å². The van der Waals surface area contributed by atoms with Crippen molar-refractivity contribution in [2.45, 2.75) is 26.7 Å². The molecule has 0 aromatic heterocycles. The molecule has 0 saturated carbocycles. The summed E-state index contributed by atoms with van der Waals surface area (Å²) in [5.41, 5.74) is 2.15. The van der Waals surface area contributed by atoms with E-state index in [0.717, 1.165) is 40.8 Å². The number of rotatable bonds is 3. The Hall–Kier alpha value is -1.55. The van der Waals surface area contributed by atoms with Crippen molar-refractivity contribution in [3.05, 3.63) is 39.1 Å². The summed E-state index contributed by atoms with van der Waals surface area (Å²) in [7, 11) is 0. The molecular weight excluding hydrogens is 389 g/mol. The largest absolute Gasteiger partial charge is 0.360 e. The number of aryl methyl sites for hydroxylation is 1. The second-order valence-corrected chi connectivity index (χ2v) is 6.99. The maximum atomic E-state index is 12.4. The molecule has 1 N–H and O–H groups in total. The Bertz CT molecular complexity index is 625. The van der Waals surface area contributed by atoms with Crippen LogP contribution in [-0.2, 0) is 4.79 Å². The van der Waals surface area contributed by atoms with Gasteiger partial charge in [0.05, 0.1) is 0 Å². The summed E-state index contributed by atoms with van der Waals surface area (Å²) < 4.78 is 1.16. The molecule has 1 saturated heterocycles. The van der Waals surface area contributed by atoms with E-state index in [-0.39, 0.29) is 11.5 Å². The maximum Gasteiger partial charge on any atom is 0.266 e. The number of likely N-dealkylation sites (tertiary alicyclic amines) is 1. The lowest BCUT2D eigenvalue weighted by molar-refractivity contribution is -0.128. The molecule has 0 radical (unpaired) electrons. The molecule has 1 aliphatic rings. The molecule has 1 fully saturated rings. The molecule has 0 unspecified atom stereocenters. The first-order valence-electron chi connectivity index (χ1n) is 7.43. The predicted molar refractivity (Wildman–Crippen MR) is 96.2 cm³/mol. The number of carbonyl (C=O) groups excluding carboxylic acids is 1. The number of piperidine rings is 1. The third-order valence-electron chi connectivity index (χ3n) is 3.98. The number of halogens is 1. The third kappa shape index (κ3) is 4.23. The molecule has 0 atom stereocenters. The van der Waals surface area contributed by atoms with Gasteiger partial charge in [0.1, 0.15) is 11.6 Å². The Morgan fingerprint density at radius 1 is 1.45 bits per heavy atom. The van der Waals surface area contributed by atoms with Crippen molar-refractivity contribution in [3.8, 4) is 6.07 Å². The number of amides is 1. The van der Waals surface area contributed by atoms with Crippen LogP contribution in [0.3, 0.4) is 0 Å². The first-order valence-corrected chi connectivity index (χ1v) is 8.51. The average molecular weight is 409 g/mol. The fraction of sp³-hybridized carbons (Fsp3) is 0.412. The molecule has 22 heavy (non-hydrogen) atoms. The number of benzene rings is 1. The molecule has 1 amide bonds. The van der Waals surface area contributed by atoms with Gasteiger partial charge in [-0.25, -0.2) is 0 Å². The highest BCUT2D eigenvalue weighted by molar-refractivity contribution is 14.1. The molecule has 2 rings (SSSR count). The molecule has 1 aliphatic heterocycles. The van der Waals surface area contributed by atoms with Gasteiger partial charge in [0.15, 0.2) is 0 Å². The zero-order chi connectivity index (χ0) is 16.1. The highest BCUT2D eigenvalue weighted by atomic mass is 127. The van der Waals surface area contributed by atoms with Crippen molar-refractivity contribution in [2.24, 2.45) is 5.92 Å². The number of nitriles is 1. The van der Waals surface area contributed by atoms with Crippen LogP contribution in [0, 0.1) is 27.7 Å². The van der Waals surface area contributed by atoms with Gasteiger partial charge in [-0.15, -0.1) is 0 Å². The lowest BCUT2D eigenvalue weighted by Crippen LogP contribution is -2.38. The quantitative estimate of drug-likeness (QED) is 0.471. The molecule has 116 valence electrons. The van der Waals surface area contributed by atoms with Crippen LogP contribution in [-0.4, -0.2) is 23.9 Å². The van der Waals surface area contributed by atoms with Gasteiger partial charge in [-0.05, 0) is 72.0 Å². The minimum absolute atomic E-state index is 0.160. The summed E-state index contributed by atoms with van der Waals surface area (Å²) >= 11 is 2.26. The van der Waals surface area contributed by atoms with Crippen LogP contribution >= 0.6 is 22.6 Å². The zero-order valence-electron chi connectivity index (χ0n) is 12.9. The fourth-order valence-electron chi connectivity index (χ4n) is 2.46. The Kier molecular flexibility index (Phi) is 5.83. The summed E-state index contributed by atoms with van der Waals surface area (Å²) in [4.78, 5) is 14.2. The lowest BCUT2D eigenvalue weighted by atomic mass is 9.99. The van der Waals surface area contributed by atoms with E-state index in [1.54, 1.807) is 4.90 Å². The Morgan fingerprint density at radius 3 is 2.73 bits per heavy atom. The van der Waals surface area contributed by atoms with Gasteiger partial charge in [-0.3, -0.25) is 4.79 Å². The van der Waals surface area contributed by atoms with E-state index >= 15 is 0 Å². The van der Waals surface area contributed by atoms with Crippen LogP contribution in [0.5, 0.6) is 0 Å². The van der Waals surface area contributed by atoms with Crippen molar-refractivity contribution in [2.75, 3.05) is 18.4 Å². The van der Waals surface area contributed by atoms with Gasteiger partial charge < -0.3 is 10.2 Å². The molecular formula is C17H20IN3O. The summed E-state index contributed by atoms with van der Waals surface area (Å²) in [6.45, 7) is 5.67. The highest BCUT2D eigenvalue weighted by Gasteiger charge is 2.22. The van der Waals surface area contributed by atoms with Gasteiger partial charge in [-0.1, -0.05) is 6.92 Å². The standard InChI is InChI=1S/C17H20IN3O/c1-12-5-7-21(8-6-12)17(22)14(10-19)11-20-16-4-3-15(18)9-13(16)2/h3-4,9,11-12,20H,5-8H2,1-2H3/b14-11-. The van der Waals surface area contributed by atoms with Gasteiger partial charge in [-0.2, -0.15) is 5.26 Å². The van der Waals surface area contributed by atoms with Crippen molar-refractivity contribution in [1.29, 1.82) is 5.26 Å². The minimum Gasteiger partial charge on any atom is -0.360 e. The second kappa shape index (κ2) is 7.63. The van der Waals surface area contributed by atoms with Crippen LogP contribution < -0.4 is 5.32 Å². The Morgan fingerprint density at radius 2 is 2.14 bits per heavy atom. The normalized spacial score (nSPS) is 16.3. The van der Waals surface area contributed by atoms with Gasteiger partial charge in [0.2, 0.25) is 0 Å². The molecule has 1 heterocycles. The molecule has 4 nitrogen and oxygen atoms in total. The van der Waals surface area contributed by atoms with Crippen LogP contribution in [0.1, 0.15) is 25.3 Å². The summed E-state index contributed by atoms with van der Waals surface area (Å²) in [6.07, 6.45) is 3.54. The van der Waals surface area contributed by atoms with E-state index in [4.69, 9.17) is 0 Å². The zero-order valence-corrected chi connectivity index (χ0v) is 15.1. The highest BCUT2D eigenvalue weighted by Crippen LogP contribution is 2.20. The van der Waals surface area contributed by atoms with Gasteiger partial charge >= 0.3 is 0 Å². The molecule has 1 aromatic carbocycles. The van der Waals surface area contributed by atoms with E-state index in [2.05, 4.69) is 40.9 Å². The third-order valence-corrected chi connectivity index (χ3v) is 4.65. The topological polar surface area (TPSA) is 56.1 Å². The molecule has 0 aliphatic carbocycles. The van der Waals surface area contributed by atoms with Crippen LogP contribution in [0.4, 0.5) is 5.69 Å². The number of anilines is 1. The lowest BCUT2D eigenvalue weighted by Gasteiger charge is -2.30. The van der Waals surface area contributed by atoms with E-state index in [1.807, 2.05) is 25.1 Å². The number of hydrogen-bond donors (Lipinski definition) is 1. The number of hydrogen-bond acceptors (Lipinski definition) is 3. The summed E-state index contributed by atoms with van der Waals surface area (Å²) in [5, 5.41) is 12.3. The van der Waals surface area contributed by atoms with E-state index < -0.39 is 0 Å². The first kappa shape index (κ1) is 16.8. The molecule has 5 heteroatoms. The van der Waals surface area contributed by atoms with Crippen molar-refractivity contribution < 1.29 is 4.79 Å². The fourth-order valence-corrected chi connectivity index (χ4v) is 3.11. The molecule has 0 spiro atoms. The van der Waals surface area contributed by atoms with Gasteiger partial charge in [0.25, 0.3) is 5.91 Å². The van der Waals surface area contributed by atoms with Crippen LogP contribution in [0.15, 0.2) is 30.0 Å². The van der Waals surface area contributed by atoms with Crippen LogP contribution in [0.2, 0.25) is 0 Å². The summed E-state index contributed by atoms with van der Waals surface area (Å²) in [5.74, 6) is 0.483. The Labute approximate surface area is 145 Å². The van der Waals surface area contributed by atoms with E-state index in [9.17, 15) is 10.1 Å². The van der Waals surface area contributed by atoms with Crippen LogP contribution in [0.25, 0.3) is 0 Å². The first-order chi connectivity index (χ1) is 10.5. The number of carbonyl (C=O) groups is 1. The Balaban J connectivity index is 2.07. The van der Waals surface area contributed by atoms with Crippen molar-refractivity contribution in [1.82, 2.24) is 4.90 Å². The monoisotopic (exact) mass is 409 g/mol. The second-order valence-electron chi connectivity index (χ2n) is 5.75. The smallest absolute Gasteiger partial charge is 0.266 e. The van der Waals surface area contributed by atoms with E-state index in [1.165, 1.54) is 6.20 Å². The van der Waals surface area contributed by atoms with Gasteiger partial charge in [0, 0.05) is 28.5 Å². The SMILES string of the molecule is Cc1cc(I)ccc1N/C=C(/C#N)C(=O)N1CCC(C)CC1. The van der Waals surface area contributed by atoms with Crippen molar-refractivity contribution >= 4 is 34.2 Å². The minimum atomic E-state index is -0.176. The van der Waals surface area contributed by atoms with Crippen molar-refractivity contribution in [3.63, 3.8) is 0 Å². The molecule has 0 bridgehead atoms. The predicted octanol–water partition coefficient (Wildman–Crippen LogP) is 3.68.